The van der Waals surface area contributed by atoms with Crippen molar-refractivity contribution in [3.05, 3.63) is 107 Å². The molecule has 1 aromatic heterocycles. The molecule has 0 aliphatic carbocycles. The summed E-state index contributed by atoms with van der Waals surface area (Å²) in [6.07, 6.45) is 3.62. The lowest BCUT2D eigenvalue weighted by Crippen LogP contribution is -2.23. The molecule has 4 aromatic rings. The number of benzene rings is 3. The Labute approximate surface area is 197 Å². The summed E-state index contributed by atoms with van der Waals surface area (Å²) in [6, 6.07) is 20.3. The van der Waals surface area contributed by atoms with Gasteiger partial charge in [0.25, 0.3) is 15.9 Å². The van der Waals surface area contributed by atoms with Crippen molar-refractivity contribution in [2.24, 2.45) is 0 Å². The number of halogens is 1. The van der Waals surface area contributed by atoms with Gasteiger partial charge in [-0.1, -0.05) is 41.9 Å². The van der Waals surface area contributed by atoms with Crippen LogP contribution in [0.15, 0.2) is 90.1 Å². The number of carbonyl (C=O) groups excluding carboxylic acids is 1. The minimum atomic E-state index is -3.97. The van der Waals surface area contributed by atoms with Crippen LogP contribution in [0.1, 0.15) is 21.7 Å². The SMILES string of the molecule is Cc1nccn1-c1ccc(CNC(=O)c2ccc(Cl)c(S(=O)(=O)Nc3ccccc3)c2)cc1. The number of nitrogens with zero attached hydrogens (tertiary/aromatic N) is 2. The molecule has 0 unspecified atom stereocenters. The van der Waals surface area contributed by atoms with E-state index < -0.39 is 15.9 Å². The number of imidazole rings is 1. The molecule has 0 spiro atoms. The number of aryl methyl sites for hydroxylation is 1. The van der Waals surface area contributed by atoms with Gasteiger partial charge in [-0.05, 0) is 55.0 Å². The quantitative estimate of drug-likeness (QED) is 0.405. The highest BCUT2D eigenvalue weighted by molar-refractivity contribution is 7.92. The maximum absolute atomic E-state index is 12.8. The summed E-state index contributed by atoms with van der Waals surface area (Å²) in [5.41, 5.74) is 2.47. The van der Waals surface area contributed by atoms with Gasteiger partial charge in [-0.15, -0.1) is 0 Å². The number of para-hydroxylation sites is 1. The molecule has 0 aliphatic rings. The normalized spacial score (nSPS) is 11.2. The minimum Gasteiger partial charge on any atom is -0.348 e. The lowest BCUT2D eigenvalue weighted by Gasteiger charge is -2.12. The van der Waals surface area contributed by atoms with Gasteiger partial charge >= 0.3 is 0 Å². The third-order valence-electron chi connectivity index (χ3n) is 5.00. The van der Waals surface area contributed by atoms with E-state index in [0.717, 1.165) is 17.1 Å². The Morgan fingerprint density at radius 1 is 1.03 bits per heavy atom. The number of sulfonamides is 1. The van der Waals surface area contributed by atoms with E-state index in [1.54, 1.807) is 36.5 Å². The average molecular weight is 481 g/mol. The lowest BCUT2D eigenvalue weighted by atomic mass is 10.1. The van der Waals surface area contributed by atoms with E-state index in [1.165, 1.54) is 18.2 Å². The predicted octanol–water partition coefficient (Wildman–Crippen LogP) is 4.56. The number of nitrogens with one attached hydrogen (secondary N) is 2. The molecule has 0 aliphatic heterocycles. The van der Waals surface area contributed by atoms with Gasteiger partial charge in [0.1, 0.15) is 10.7 Å². The Kier molecular flexibility index (Phi) is 6.48. The number of hydrogen-bond donors (Lipinski definition) is 2. The van der Waals surface area contributed by atoms with Crippen molar-refractivity contribution >= 4 is 33.2 Å². The van der Waals surface area contributed by atoms with Crippen molar-refractivity contribution in [3.63, 3.8) is 0 Å². The van der Waals surface area contributed by atoms with Gasteiger partial charge in [-0.25, -0.2) is 13.4 Å². The molecule has 1 amide bonds. The fourth-order valence-electron chi connectivity index (χ4n) is 3.28. The van der Waals surface area contributed by atoms with E-state index >= 15 is 0 Å². The fraction of sp³-hybridized carbons (Fsp3) is 0.0833. The molecule has 9 heteroatoms. The Hall–Kier alpha value is -3.62. The van der Waals surface area contributed by atoms with Gasteiger partial charge in [-0.2, -0.15) is 0 Å². The first-order valence-electron chi connectivity index (χ1n) is 10.1. The van der Waals surface area contributed by atoms with Crippen molar-refractivity contribution in [2.75, 3.05) is 4.72 Å². The van der Waals surface area contributed by atoms with Crippen molar-refractivity contribution in [2.45, 2.75) is 18.4 Å². The van der Waals surface area contributed by atoms with E-state index in [0.29, 0.717) is 5.69 Å². The van der Waals surface area contributed by atoms with Crippen LogP contribution in [-0.4, -0.2) is 23.9 Å². The van der Waals surface area contributed by atoms with Crippen LogP contribution in [0.4, 0.5) is 5.69 Å². The summed E-state index contributed by atoms with van der Waals surface area (Å²) < 4.78 is 30.0. The molecule has 1 heterocycles. The molecule has 0 saturated heterocycles. The molecule has 0 bridgehead atoms. The molecule has 33 heavy (non-hydrogen) atoms. The van der Waals surface area contributed by atoms with Gasteiger partial charge in [0.05, 0.1) is 5.02 Å². The molecule has 168 valence electrons. The van der Waals surface area contributed by atoms with Crippen LogP contribution in [0.25, 0.3) is 5.69 Å². The molecular weight excluding hydrogens is 460 g/mol. The molecule has 3 aromatic carbocycles. The molecule has 0 radical (unpaired) electrons. The molecule has 0 fully saturated rings. The molecule has 7 nitrogen and oxygen atoms in total. The largest absolute Gasteiger partial charge is 0.348 e. The predicted molar refractivity (Wildman–Crippen MR) is 128 cm³/mol. The highest BCUT2D eigenvalue weighted by Gasteiger charge is 2.20. The second-order valence-corrected chi connectivity index (χ2v) is 9.37. The topological polar surface area (TPSA) is 93.1 Å². The maximum atomic E-state index is 12.8. The minimum absolute atomic E-state index is 0.0281. The van der Waals surface area contributed by atoms with Crippen LogP contribution in [0.3, 0.4) is 0 Å². The first-order valence-corrected chi connectivity index (χ1v) is 11.9. The molecule has 0 saturated carbocycles. The number of anilines is 1. The monoisotopic (exact) mass is 480 g/mol. The van der Waals surface area contributed by atoms with Gasteiger partial charge in [0.15, 0.2) is 0 Å². The third-order valence-corrected chi connectivity index (χ3v) is 6.87. The smallest absolute Gasteiger partial charge is 0.263 e. The first-order chi connectivity index (χ1) is 15.8. The number of hydrogen-bond acceptors (Lipinski definition) is 4. The summed E-state index contributed by atoms with van der Waals surface area (Å²) >= 11 is 6.14. The van der Waals surface area contributed by atoms with Crippen LogP contribution in [0.2, 0.25) is 5.02 Å². The van der Waals surface area contributed by atoms with Crippen molar-refractivity contribution in [3.8, 4) is 5.69 Å². The Morgan fingerprint density at radius 2 is 1.76 bits per heavy atom. The van der Waals surface area contributed by atoms with Crippen molar-refractivity contribution < 1.29 is 13.2 Å². The zero-order valence-electron chi connectivity index (χ0n) is 17.7. The van der Waals surface area contributed by atoms with Gasteiger partial charge in [-0.3, -0.25) is 9.52 Å². The van der Waals surface area contributed by atoms with Gasteiger partial charge in [0, 0.05) is 35.9 Å². The number of carbonyl (C=O) groups is 1. The first kappa shape index (κ1) is 22.6. The Bertz CT molecular complexity index is 1380. The number of rotatable bonds is 7. The Balaban J connectivity index is 1.46. The summed E-state index contributed by atoms with van der Waals surface area (Å²) in [7, 11) is -3.97. The third kappa shape index (κ3) is 5.24. The average Bonchev–Trinajstić information content (AvgIpc) is 3.24. The second-order valence-electron chi connectivity index (χ2n) is 7.31. The highest BCUT2D eigenvalue weighted by Crippen LogP contribution is 2.25. The standard InChI is InChI=1S/C24H21ClN4O3S/c1-17-26-13-14-29(17)21-10-7-18(8-11-21)16-27-24(30)19-9-12-22(25)23(15-19)33(31,32)28-20-5-3-2-4-6-20/h2-15,28H,16H2,1H3,(H,27,30). The van der Waals surface area contributed by atoms with E-state index in [4.69, 9.17) is 11.6 Å². The lowest BCUT2D eigenvalue weighted by molar-refractivity contribution is 0.0950. The van der Waals surface area contributed by atoms with Crippen LogP contribution < -0.4 is 10.0 Å². The molecule has 4 rings (SSSR count). The van der Waals surface area contributed by atoms with Crippen LogP contribution in [-0.2, 0) is 16.6 Å². The highest BCUT2D eigenvalue weighted by atomic mass is 35.5. The fourth-order valence-corrected chi connectivity index (χ4v) is 4.86. The zero-order valence-corrected chi connectivity index (χ0v) is 19.3. The maximum Gasteiger partial charge on any atom is 0.263 e. The second kappa shape index (κ2) is 9.48. The summed E-state index contributed by atoms with van der Waals surface area (Å²) in [5, 5.41) is 2.84. The Morgan fingerprint density at radius 3 is 2.42 bits per heavy atom. The number of amides is 1. The summed E-state index contributed by atoms with van der Waals surface area (Å²) in [5.74, 6) is 0.476. The van der Waals surface area contributed by atoms with E-state index in [1.807, 2.05) is 42.0 Å². The van der Waals surface area contributed by atoms with Gasteiger partial charge in [0.2, 0.25) is 0 Å². The van der Waals surface area contributed by atoms with Gasteiger partial charge < -0.3 is 9.88 Å². The van der Waals surface area contributed by atoms with Crippen LogP contribution in [0, 0.1) is 6.92 Å². The van der Waals surface area contributed by atoms with Crippen molar-refractivity contribution in [1.82, 2.24) is 14.9 Å². The van der Waals surface area contributed by atoms with Crippen molar-refractivity contribution in [1.29, 1.82) is 0 Å². The summed E-state index contributed by atoms with van der Waals surface area (Å²) in [4.78, 5) is 16.7. The molecule has 2 N–H and O–H groups in total. The van der Waals surface area contributed by atoms with E-state index in [-0.39, 0.29) is 22.0 Å². The van der Waals surface area contributed by atoms with E-state index in [2.05, 4.69) is 15.0 Å². The van der Waals surface area contributed by atoms with Crippen LogP contribution in [0.5, 0.6) is 0 Å². The zero-order chi connectivity index (χ0) is 23.4. The summed E-state index contributed by atoms with van der Waals surface area (Å²) in [6.45, 7) is 2.21. The molecular formula is C24H21ClN4O3S. The van der Waals surface area contributed by atoms with Crippen LogP contribution >= 0.6 is 11.6 Å². The number of aromatic nitrogens is 2. The van der Waals surface area contributed by atoms with E-state index in [9.17, 15) is 13.2 Å². The molecule has 0 atom stereocenters.